The maximum atomic E-state index is 12.7. The van der Waals surface area contributed by atoms with Gasteiger partial charge < -0.3 is 15.2 Å². The molecule has 11 heteroatoms. The molecule has 9 nitrogen and oxygen atoms in total. The van der Waals surface area contributed by atoms with Crippen LogP contribution >= 0.6 is 22.7 Å². The number of rotatable bonds is 6. The van der Waals surface area contributed by atoms with Gasteiger partial charge in [-0.3, -0.25) is 0 Å². The van der Waals surface area contributed by atoms with Gasteiger partial charge in [0, 0.05) is 18.4 Å². The molecule has 2 N–H and O–H groups in total. The Hall–Kier alpha value is -4.45. The summed E-state index contributed by atoms with van der Waals surface area (Å²) in [5, 5.41) is 23.4. The van der Waals surface area contributed by atoms with Crippen molar-refractivity contribution in [1.29, 1.82) is 0 Å². The second kappa shape index (κ2) is 10.9. The minimum absolute atomic E-state index is 0.427. The third-order valence-corrected chi connectivity index (χ3v) is 9.77. The van der Waals surface area contributed by atoms with Gasteiger partial charge in [0.25, 0.3) is 0 Å². The molecule has 3 heterocycles. The first kappa shape index (κ1) is 28.3. The maximum absolute atomic E-state index is 12.7. The minimum atomic E-state index is -0.680. The molecule has 0 atom stereocenters. The molecule has 1 aliphatic rings. The van der Waals surface area contributed by atoms with Crippen LogP contribution in [-0.2, 0) is 10.3 Å². The zero-order chi connectivity index (χ0) is 30.5. The van der Waals surface area contributed by atoms with E-state index in [4.69, 9.17) is 9.72 Å². The van der Waals surface area contributed by atoms with Crippen molar-refractivity contribution in [3.8, 4) is 36.7 Å². The number of benzene rings is 3. The Morgan fingerprint density at radius 3 is 2.43 bits per heavy atom. The Morgan fingerprint density at radius 2 is 1.70 bits per heavy atom. The average molecular weight is 623 g/mol. The van der Waals surface area contributed by atoms with Crippen LogP contribution in [0.3, 0.4) is 0 Å². The van der Waals surface area contributed by atoms with Crippen LogP contribution in [0.2, 0.25) is 0 Å². The summed E-state index contributed by atoms with van der Waals surface area (Å²) >= 11 is 3.14. The van der Waals surface area contributed by atoms with Crippen molar-refractivity contribution in [3.63, 3.8) is 0 Å². The van der Waals surface area contributed by atoms with E-state index in [9.17, 15) is 9.90 Å². The summed E-state index contributed by atoms with van der Waals surface area (Å²) in [7, 11) is 0. The molecule has 1 aliphatic carbocycles. The van der Waals surface area contributed by atoms with Gasteiger partial charge in [-0.1, -0.05) is 83.3 Å². The summed E-state index contributed by atoms with van der Waals surface area (Å²) in [6.07, 6.45) is 1.72. The lowest BCUT2D eigenvalue weighted by molar-refractivity contribution is -0.0124. The highest BCUT2D eigenvalue weighted by Crippen LogP contribution is 2.45. The third-order valence-electron chi connectivity index (χ3n) is 7.52. The fourth-order valence-corrected chi connectivity index (χ4v) is 7.49. The third kappa shape index (κ3) is 5.38. The van der Waals surface area contributed by atoms with E-state index in [0.717, 1.165) is 53.3 Å². The summed E-state index contributed by atoms with van der Waals surface area (Å²) in [5.41, 5.74) is 4.23. The van der Waals surface area contributed by atoms with E-state index in [1.165, 1.54) is 11.3 Å². The molecule has 44 heavy (non-hydrogen) atoms. The maximum Gasteiger partial charge on any atom is 0.408 e. The predicted octanol–water partition coefficient (Wildman–Crippen LogP) is 7.21. The number of aromatic nitrogens is 5. The zero-order valence-electron chi connectivity index (χ0n) is 24.4. The van der Waals surface area contributed by atoms with E-state index < -0.39 is 23.3 Å². The van der Waals surface area contributed by atoms with Gasteiger partial charge in [0.15, 0.2) is 0 Å². The van der Waals surface area contributed by atoms with E-state index in [2.05, 4.69) is 32.7 Å². The Balaban J connectivity index is 1.23. The van der Waals surface area contributed by atoms with Gasteiger partial charge in [-0.2, -0.15) is 4.68 Å². The van der Waals surface area contributed by atoms with Crippen molar-refractivity contribution >= 4 is 39.8 Å². The lowest BCUT2D eigenvalue weighted by atomic mass is 9.69. The largest absolute Gasteiger partial charge is 0.444 e. The predicted molar refractivity (Wildman–Crippen MR) is 173 cm³/mol. The molecule has 0 unspecified atom stereocenters. The van der Waals surface area contributed by atoms with Crippen LogP contribution in [0, 0.1) is 0 Å². The second-order valence-electron chi connectivity index (χ2n) is 11.9. The van der Waals surface area contributed by atoms with Crippen molar-refractivity contribution < 1.29 is 14.6 Å². The number of thiazole rings is 2. The number of hydrogen-bond donors (Lipinski definition) is 2. The summed E-state index contributed by atoms with van der Waals surface area (Å²) in [6.45, 7) is 5.50. The summed E-state index contributed by atoms with van der Waals surface area (Å²) in [5.74, 6) is 0. The molecule has 6 aromatic rings. The van der Waals surface area contributed by atoms with Crippen LogP contribution in [0.1, 0.15) is 39.2 Å². The highest BCUT2D eigenvalue weighted by atomic mass is 32.1. The van der Waals surface area contributed by atoms with Gasteiger partial charge in [-0.15, -0.1) is 16.4 Å². The number of carbonyl (C=O) groups is 1. The minimum Gasteiger partial charge on any atom is -0.444 e. The molecular weight excluding hydrogens is 593 g/mol. The number of aliphatic hydroxyl groups is 1. The van der Waals surface area contributed by atoms with Gasteiger partial charge in [0.1, 0.15) is 16.1 Å². The molecular formula is C33H30N6O3S2. The fraction of sp³-hybridized carbons (Fsp3) is 0.242. The van der Waals surface area contributed by atoms with Crippen molar-refractivity contribution in [2.75, 3.05) is 0 Å². The molecule has 7 rings (SSSR count). The van der Waals surface area contributed by atoms with Crippen LogP contribution < -0.4 is 5.32 Å². The van der Waals surface area contributed by atoms with Gasteiger partial charge >= 0.3 is 6.09 Å². The molecule has 1 saturated carbocycles. The summed E-state index contributed by atoms with van der Waals surface area (Å²) < 4.78 is 7.28. The first-order chi connectivity index (χ1) is 21.2. The van der Waals surface area contributed by atoms with E-state index in [0.29, 0.717) is 12.8 Å². The quantitative estimate of drug-likeness (QED) is 0.202. The smallest absolute Gasteiger partial charge is 0.408 e. The Kier molecular flexibility index (Phi) is 7.03. The van der Waals surface area contributed by atoms with Gasteiger partial charge in [-0.25, -0.2) is 14.8 Å². The number of para-hydroxylation sites is 1. The molecule has 0 aliphatic heterocycles. The second-order valence-corrected chi connectivity index (χ2v) is 13.9. The van der Waals surface area contributed by atoms with Crippen molar-refractivity contribution in [2.24, 2.45) is 0 Å². The number of nitrogens with one attached hydrogen (secondary N) is 1. The number of nitrogens with zero attached hydrogens (tertiary/aromatic N) is 5. The zero-order valence-corrected chi connectivity index (χ0v) is 26.0. The summed E-state index contributed by atoms with van der Waals surface area (Å²) in [4.78, 5) is 24.4. The monoisotopic (exact) mass is 622 g/mol. The highest BCUT2D eigenvalue weighted by molar-refractivity contribution is 7.24. The van der Waals surface area contributed by atoms with Gasteiger partial charge in [-0.05, 0) is 44.0 Å². The standard InChI is InChI=1S/C33H30N6O3S2/c1-32(2,3)42-31(41)36-33(17-23(40)18-33)22-15-13-20(14-16-22)27-28(21-9-5-4-6-10-21)44-29(35-27)26-19-34-30(43-26)39-25-12-8-7-11-24(25)37-38-39/h4-16,19,23,40H,17-18H2,1-3H3,(H,36,41). The van der Waals surface area contributed by atoms with E-state index in [1.807, 2.05) is 93.7 Å². The first-order valence-electron chi connectivity index (χ1n) is 14.3. The Bertz CT molecular complexity index is 1950. The number of ether oxygens (including phenoxy) is 1. The fourth-order valence-electron chi connectivity index (χ4n) is 5.48. The van der Waals surface area contributed by atoms with Gasteiger partial charge in [0.2, 0.25) is 5.13 Å². The lowest BCUT2D eigenvalue weighted by Crippen LogP contribution is -2.57. The van der Waals surface area contributed by atoms with Crippen molar-refractivity contribution in [1.82, 2.24) is 30.3 Å². The van der Waals surface area contributed by atoms with Crippen LogP contribution in [0.25, 0.3) is 47.7 Å². The van der Waals surface area contributed by atoms with Crippen molar-refractivity contribution in [2.45, 2.75) is 50.9 Å². The molecule has 0 radical (unpaired) electrons. The Labute approximate surface area is 262 Å². The number of carbonyl (C=O) groups excluding carboxylic acids is 1. The number of fused-ring (bicyclic) bond motifs is 1. The first-order valence-corrected chi connectivity index (χ1v) is 15.9. The molecule has 0 bridgehead atoms. The van der Waals surface area contributed by atoms with Crippen LogP contribution in [0.15, 0.2) is 85.1 Å². The highest BCUT2D eigenvalue weighted by Gasteiger charge is 2.47. The number of aliphatic hydroxyl groups excluding tert-OH is 1. The molecule has 0 spiro atoms. The molecule has 0 saturated heterocycles. The van der Waals surface area contributed by atoms with E-state index in [1.54, 1.807) is 16.0 Å². The van der Waals surface area contributed by atoms with Crippen LogP contribution in [0.5, 0.6) is 0 Å². The molecule has 1 fully saturated rings. The van der Waals surface area contributed by atoms with Crippen molar-refractivity contribution in [3.05, 3.63) is 90.6 Å². The van der Waals surface area contributed by atoms with E-state index >= 15 is 0 Å². The SMILES string of the molecule is CC(C)(C)OC(=O)NC1(c2ccc(-c3nc(-c4cnc(-n5nnc6ccccc65)s4)sc3-c3ccccc3)cc2)CC(O)C1. The van der Waals surface area contributed by atoms with Crippen LogP contribution in [-0.4, -0.2) is 47.9 Å². The molecule has 3 aromatic carbocycles. The number of alkyl carbamates (subject to hydrolysis) is 1. The van der Waals surface area contributed by atoms with Gasteiger partial charge in [0.05, 0.1) is 38.8 Å². The van der Waals surface area contributed by atoms with Crippen LogP contribution in [0.4, 0.5) is 4.79 Å². The van der Waals surface area contributed by atoms with E-state index in [-0.39, 0.29) is 0 Å². The molecule has 3 aromatic heterocycles. The number of amides is 1. The molecule has 1 amide bonds. The molecule has 222 valence electrons. The topological polar surface area (TPSA) is 115 Å². The Morgan fingerprint density at radius 1 is 0.977 bits per heavy atom. The number of hydrogen-bond acceptors (Lipinski definition) is 9. The average Bonchev–Trinajstić information content (AvgIpc) is 3.74. The lowest BCUT2D eigenvalue weighted by Gasteiger charge is -2.46. The normalized spacial score (nSPS) is 18.2. The summed E-state index contributed by atoms with van der Waals surface area (Å²) in [6, 6.07) is 26.1.